The standard InChI is InChI=1S/C12H22N4O/c1-9(2)7-12-14-11(15-17-12)8-16-5-3-10(13)4-6-16/h9-10H,3-8,13H2,1-2H3. The lowest BCUT2D eigenvalue weighted by Gasteiger charge is -2.28. The lowest BCUT2D eigenvalue weighted by atomic mass is 10.1. The molecule has 1 aromatic heterocycles. The van der Waals surface area contributed by atoms with E-state index in [1.165, 1.54) is 0 Å². The van der Waals surface area contributed by atoms with Crippen LogP contribution >= 0.6 is 0 Å². The zero-order chi connectivity index (χ0) is 12.3. The van der Waals surface area contributed by atoms with Gasteiger partial charge in [-0.15, -0.1) is 0 Å². The van der Waals surface area contributed by atoms with Crippen LogP contribution in [0.15, 0.2) is 4.52 Å². The van der Waals surface area contributed by atoms with E-state index in [0.717, 1.165) is 50.6 Å². The third-order valence-corrected chi connectivity index (χ3v) is 3.09. The maximum atomic E-state index is 5.87. The van der Waals surface area contributed by atoms with Crippen molar-refractivity contribution in [2.45, 2.75) is 45.7 Å². The van der Waals surface area contributed by atoms with Crippen molar-refractivity contribution >= 4 is 0 Å². The molecule has 5 heteroatoms. The quantitative estimate of drug-likeness (QED) is 0.853. The lowest BCUT2D eigenvalue weighted by Crippen LogP contribution is -2.39. The molecule has 2 heterocycles. The number of hydrogen-bond acceptors (Lipinski definition) is 5. The molecule has 1 saturated heterocycles. The largest absolute Gasteiger partial charge is 0.339 e. The molecule has 1 aliphatic heterocycles. The number of rotatable bonds is 4. The van der Waals surface area contributed by atoms with Gasteiger partial charge in [0.2, 0.25) is 5.89 Å². The van der Waals surface area contributed by atoms with Gasteiger partial charge in [0.15, 0.2) is 5.82 Å². The molecule has 0 unspecified atom stereocenters. The third-order valence-electron chi connectivity index (χ3n) is 3.09. The van der Waals surface area contributed by atoms with Crippen LogP contribution in [0.25, 0.3) is 0 Å². The summed E-state index contributed by atoms with van der Waals surface area (Å²) in [5.41, 5.74) is 5.87. The molecular weight excluding hydrogens is 216 g/mol. The first kappa shape index (κ1) is 12.5. The van der Waals surface area contributed by atoms with E-state index in [0.29, 0.717) is 12.0 Å². The Morgan fingerprint density at radius 2 is 2.12 bits per heavy atom. The maximum absolute atomic E-state index is 5.87. The first-order chi connectivity index (χ1) is 8.13. The number of aromatic nitrogens is 2. The lowest BCUT2D eigenvalue weighted by molar-refractivity contribution is 0.199. The second-order valence-corrected chi connectivity index (χ2v) is 5.32. The van der Waals surface area contributed by atoms with E-state index < -0.39 is 0 Å². The van der Waals surface area contributed by atoms with Gasteiger partial charge in [0.1, 0.15) is 0 Å². The van der Waals surface area contributed by atoms with Crippen LogP contribution in [0.1, 0.15) is 38.4 Å². The van der Waals surface area contributed by atoms with E-state index >= 15 is 0 Å². The average Bonchev–Trinajstić information content (AvgIpc) is 2.68. The van der Waals surface area contributed by atoms with Gasteiger partial charge in [-0.3, -0.25) is 4.90 Å². The van der Waals surface area contributed by atoms with Crippen LogP contribution in [0.4, 0.5) is 0 Å². The second kappa shape index (κ2) is 5.60. The Kier molecular flexibility index (Phi) is 4.12. The predicted octanol–water partition coefficient (Wildman–Crippen LogP) is 1.19. The summed E-state index contributed by atoms with van der Waals surface area (Å²) in [5, 5.41) is 4.02. The van der Waals surface area contributed by atoms with Crippen LogP contribution in [0.2, 0.25) is 0 Å². The topological polar surface area (TPSA) is 68.2 Å². The maximum Gasteiger partial charge on any atom is 0.226 e. The summed E-state index contributed by atoms with van der Waals surface area (Å²) in [6.07, 6.45) is 2.99. The van der Waals surface area contributed by atoms with Crippen molar-refractivity contribution in [3.63, 3.8) is 0 Å². The molecule has 0 aliphatic carbocycles. The minimum atomic E-state index is 0.369. The highest BCUT2D eigenvalue weighted by molar-refractivity contribution is 4.88. The van der Waals surface area contributed by atoms with E-state index in [-0.39, 0.29) is 0 Å². The Balaban J connectivity index is 1.84. The molecule has 2 rings (SSSR count). The molecule has 1 fully saturated rings. The van der Waals surface area contributed by atoms with E-state index in [2.05, 4.69) is 28.9 Å². The summed E-state index contributed by atoms with van der Waals surface area (Å²) in [7, 11) is 0. The average molecular weight is 238 g/mol. The van der Waals surface area contributed by atoms with E-state index in [1.807, 2.05) is 0 Å². The zero-order valence-electron chi connectivity index (χ0n) is 10.7. The fourth-order valence-corrected chi connectivity index (χ4v) is 2.10. The van der Waals surface area contributed by atoms with Gasteiger partial charge in [-0.05, 0) is 18.8 Å². The monoisotopic (exact) mass is 238 g/mol. The summed E-state index contributed by atoms with van der Waals surface area (Å²) in [5.74, 6) is 2.11. The fraction of sp³-hybridized carbons (Fsp3) is 0.833. The van der Waals surface area contributed by atoms with Crippen molar-refractivity contribution in [1.29, 1.82) is 0 Å². The summed E-state index contributed by atoms with van der Waals surface area (Å²) in [6, 6.07) is 0.369. The van der Waals surface area contributed by atoms with Gasteiger partial charge < -0.3 is 10.3 Å². The van der Waals surface area contributed by atoms with Crippen molar-refractivity contribution in [3.8, 4) is 0 Å². The molecule has 0 saturated carbocycles. The molecule has 96 valence electrons. The summed E-state index contributed by atoms with van der Waals surface area (Å²) in [6.45, 7) is 7.16. The molecule has 0 spiro atoms. The third kappa shape index (κ3) is 3.78. The van der Waals surface area contributed by atoms with Gasteiger partial charge in [-0.1, -0.05) is 19.0 Å². The molecule has 17 heavy (non-hydrogen) atoms. The minimum absolute atomic E-state index is 0.369. The minimum Gasteiger partial charge on any atom is -0.339 e. The van der Waals surface area contributed by atoms with Crippen molar-refractivity contribution in [2.24, 2.45) is 11.7 Å². The van der Waals surface area contributed by atoms with Crippen molar-refractivity contribution in [2.75, 3.05) is 13.1 Å². The summed E-state index contributed by atoms with van der Waals surface area (Å²) in [4.78, 5) is 6.75. The van der Waals surface area contributed by atoms with Crippen LogP contribution in [0.5, 0.6) is 0 Å². The fourth-order valence-electron chi connectivity index (χ4n) is 2.10. The van der Waals surface area contributed by atoms with Gasteiger partial charge in [0.05, 0.1) is 6.54 Å². The van der Waals surface area contributed by atoms with Crippen LogP contribution < -0.4 is 5.73 Å². The summed E-state index contributed by atoms with van der Waals surface area (Å²) < 4.78 is 5.23. The first-order valence-electron chi connectivity index (χ1n) is 6.43. The van der Waals surface area contributed by atoms with Gasteiger partial charge in [0.25, 0.3) is 0 Å². The Hall–Kier alpha value is -0.940. The molecule has 1 aliphatic rings. The van der Waals surface area contributed by atoms with E-state index in [4.69, 9.17) is 10.3 Å². The molecular formula is C12H22N4O. The number of piperidine rings is 1. The molecule has 1 aromatic rings. The van der Waals surface area contributed by atoms with E-state index in [9.17, 15) is 0 Å². The predicted molar refractivity (Wildman–Crippen MR) is 65.3 cm³/mol. The van der Waals surface area contributed by atoms with Gasteiger partial charge >= 0.3 is 0 Å². The molecule has 5 nitrogen and oxygen atoms in total. The van der Waals surface area contributed by atoms with Crippen LogP contribution in [0.3, 0.4) is 0 Å². The highest BCUT2D eigenvalue weighted by Crippen LogP contribution is 2.12. The molecule has 0 atom stereocenters. The Bertz CT molecular complexity index is 342. The zero-order valence-corrected chi connectivity index (χ0v) is 10.7. The first-order valence-corrected chi connectivity index (χ1v) is 6.43. The Labute approximate surface area is 102 Å². The van der Waals surface area contributed by atoms with E-state index in [1.54, 1.807) is 0 Å². The van der Waals surface area contributed by atoms with Gasteiger partial charge in [0, 0.05) is 25.6 Å². The Morgan fingerprint density at radius 3 is 2.76 bits per heavy atom. The van der Waals surface area contributed by atoms with Crippen molar-refractivity contribution in [1.82, 2.24) is 15.0 Å². The highest BCUT2D eigenvalue weighted by Gasteiger charge is 2.18. The van der Waals surface area contributed by atoms with Gasteiger partial charge in [-0.25, -0.2) is 0 Å². The number of likely N-dealkylation sites (tertiary alicyclic amines) is 1. The molecule has 0 aromatic carbocycles. The van der Waals surface area contributed by atoms with Crippen LogP contribution in [-0.4, -0.2) is 34.2 Å². The smallest absolute Gasteiger partial charge is 0.226 e. The normalized spacial score (nSPS) is 19.1. The number of hydrogen-bond donors (Lipinski definition) is 1. The number of nitrogens with zero attached hydrogens (tertiary/aromatic N) is 3. The molecule has 0 amide bonds. The molecule has 0 bridgehead atoms. The highest BCUT2D eigenvalue weighted by atomic mass is 16.5. The van der Waals surface area contributed by atoms with Gasteiger partial charge in [-0.2, -0.15) is 4.98 Å². The van der Waals surface area contributed by atoms with Crippen molar-refractivity contribution < 1.29 is 4.52 Å². The van der Waals surface area contributed by atoms with Crippen LogP contribution in [0, 0.1) is 5.92 Å². The van der Waals surface area contributed by atoms with Crippen molar-refractivity contribution in [3.05, 3.63) is 11.7 Å². The Morgan fingerprint density at radius 1 is 1.41 bits per heavy atom. The second-order valence-electron chi connectivity index (χ2n) is 5.32. The molecule has 0 radical (unpaired) electrons. The summed E-state index contributed by atoms with van der Waals surface area (Å²) >= 11 is 0. The van der Waals surface area contributed by atoms with Crippen LogP contribution in [-0.2, 0) is 13.0 Å². The molecule has 2 N–H and O–H groups in total. The SMILES string of the molecule is CC(C)Cc1nc(CN2CCC(N)CC2)no1. The number of nitrogens with two attached hydrogens (primary N) is 1.